The van der Waals surface area contributed by atoms with E-state index in [2.05, 4.69) is 0 Å². The molecule has 1 N–H and O–H groups in total. The highest BCUT2D eigenvalue weighted by atomic mass is 32.2. The largest absolute Gasteiger partial charge is 0.387 e. The SMILES string of the molecule is CC1(O)CCC2CC1OO[C@]2(C)CS(=O)c1ccccc1. The van der Waals surface area contributed by atoms with Gasteiger partial charge in [0.2, 0.25) is 0 Å². The molecule has 1 aliphatic carbocycles. The lowest BCUT2D eigenvalue weighted by molar-refractivity contribution is -0.441. The molecule has 5 atom stereocenters. The van der Waals surface area contributed by atoms with E-state index in [1.54, 1.807) is 6.92 Å². The predicted molar refractivity (Wildman–Crippen MR) is 80.0 cm³/mol. The third-order valence-corrected chi connectivity index (χ3v) is 6.47. The second kappa shape index (κ2) is 5.47. The lowest BCUT2D eigenvalue weighted by Crippen LogP contribution is -2.58. The summed E-state index contributed by atoms with van der Waals surface area (Å²) in [7, 11) is -1.12. The summed E-state index contributed by atoms with van der Waals surface area (Å²) >= 11 is 0. The van der Waals surface area contributed by atoms with Crippen LogP contribution in [0.25, 0.3) is 0 Å². The first-order chi connectivity index (χ1) is 9.91. The van der Waals surface area contributed by atoms with Crippen LogP contribution in [-0.2, 0) is 20.6 Å². The van der Waals surface area contributed by atoms with Gasteiger partial charge in [0.15, 0.2) is 0 Å². The van der Waals surface area contributed by atoms with Crippen molar-refractivity contribution in [2.24, 2.45) is 5.92 Å². The summed E-state index contributed by atoms with van der Waals surface area (Å²) < 4.78 is 12.5. The zero-order chi connectivity index (χ0) is 15.1. The molecule has 1 aromatic rings. The molecule has 1 heterocycles. The van der Waals surface area contributed by atoms with Gasteiger partial charge in [-0.05, 0) is 51.2 Å². The minimum Gasteiger partial charge on any atom is -0.387 e. The van der Waals surface area contributed by atoms with Crippen LogP contribution >= 0.6 is 0 Å². The van der Waals surface area contributed by atoms with Gasteiger partial charge in [-0.2, -0.15) is 0 Å². The third-order valence-electron chi connectivity index (χ3n) is 4.83. The van der Waals surface area contributed by atoms with E-state index in [1.807, 2.05) is 37.3 Å². The van der Waals surface area contributed by atoms with Crippen molar-refractivity contribution in [1.82, 2.24) is 0 Å². The summed E-state index contributed by atoms with van der Waals surface area (Å²) in [6.45, 7) is 3.76. The Morgan fingerprint density at radius 1 is 1.33 bits per heavy atom. The molecule has 116 valence electrons. The summed E-state index contributed by atoms with van der Waals surface area (Å²) in [5.74, 6) is 0.681. The van der Waals surface area contributed by atoms with Crippen molar-refractivity contribution in [2.75, 3.05) is 5.75 Å². The minimum atomic E-state index is -1.12. The second-order valence-electron chi connectivity index (χ2n) is 6.61. The van der Waals surface area contributed by atoms with Crippen LogP contribution in [0.15, 0.2) is 35.2 Å². The van der Waals surface area contributed by atoms with Gasteiger partial charge < -0.3 is 5.11 Å². The van der Waals surface area contributed by atoms with Crippen molar-refractivity contribution in [3.8, 4) is 0 Å². The summed E-state index contributed by atoms with van der Waals surface area (Å²) in [4.78, 5) is 11.9. The van der Waals surface area contributed by atoms with Crippen molar-refractivity contribution in [3.63, 3.8) is 0 Å². The van der Waals surface area contributed by atoms with Crippen LogP contribution in [0.3, 0.4) is 0 Å². The Labute approximate surface area is 127 Å². The molecular weight excluding hydrogens is 288 g/mol. The second-order valence-corrected chi connectivity index (χ2v) is 8.06. The first-order valence-corrected chi connectivity index (χ1v) is 8.73. The van der Waals surface area contributed by atoms with Crippen LogP contribution in [0.5, 0.6) is 0 Å². The molecule has 0 aromatic heterocycles. The Hall–Kier alpha value is -0.750. The van der Waals surface area contributed by atoms with Gasteiger partial charge in [0.25, 0.3) is 0 Å². The van der Waals surface area contributed by atoms with Gasteiger partial charge in [0, 0.05) is 4.90 Å². The first kappa shape index (κ1) is 15.2. The van der Waals surface area contributed by atoms with Gasteiger partial charge in [0.1, 0.15) is 11.7 Å². The molecule has 3 rings (SSSR count). The average Bonchev–Trinajstić information content (AvgIpc) is 2.46. The number of aliphatic hydroxyl groups is 1. The highest BCUT2D eigenvalue weighted by Crippen LogP contribution is 2.45. The molecule has 1 aliphatic heterocycles. The van der Waals surface area contributed by atoms with Crippen molar-refractivity contribution in [3.05, 3.63) is 30.3 Å². The monoisotopic (exact) mass is 310 g/mol. The Morgan fingerprint density at radius 3 is 2.76 bits per heavy atom. The van der Waals surface area contributed by atoms with Gasteiger partial charge in [-0.3, -0.25) is 4.21 Å². The van der Waals surface area contributed by atoms with Gasteiger partial charge in [-0.15, -0.1) is 0 Å². The van der Waals surface area contributed by atoms with Crippen LogP contribution in [0.4, 0.5) is 0 Å². The molecule has 2 bridgehead atoms. The summed E-state index contributed by atoms with van der Waals surface area (Å²) in [5, 5.41) is 10.3. The Balaban J connectivity index is 1.73. The van der Waals surface area contributed by atoms with Crippen molar-refractivity contribution in [2.45, 2.75) is 55.3 Å². The van der Waals surface area contributed by atoms with Crippen LogP contribution in [0.1, 0.15) is 33.1 Å². The summed E-state index contributed by atoms with van der Waals surface area (Å²) in [5.41, 5.74) is -1.38. The predicted octanol–water partition coefficient (Wildman–Crippen LogP) is 2.43. The topological polar surface area (TPSA) is 55.8 Å². The summed E-state index contributed by atoms with van der Waals surface area (Å²) in [6, 6.07) is 9.44. The third kappa shape index (κ3) is 2.93. The smallest absolute Gasteiger partial charge is 0.122 e. The van der Waals surface area contributed by atoms with E-state index in [9.17, 15) is 9.32 Å². The van der Waals surface area contributed by atoms with Crippen LogP contribution in [-0.4, -0.2) is 32.4 Å². The van der Waals surface area contributed by atoms with Gasteiger partial charge in [-0.1, -0.05) is 18.2 Å². The normalized spacial score (nSPS) is 40.7. The molecule has 2 aliphatic rings. The molecule has 1 saturated heterocycles. The van der Waals surface area contributed by atoms with Crippen molar-refractivity contribution >= 4 is 10.8 Å². The quantitative estimate of drug-likeness (QED) is 0.871. The van der Waals surface area contributed by atoms with Crippen LogP contribution < -0.4 is 0 Å². The molecule has 0 amide bonds. The maximum Gasteiger partial charge on any atom is 0.122 e. The molecule has 0 radical (unpaired) electrons. The average molecular weight is 310 g/mol. The van der Waals surface area contributed by atoms with Gasteiger partial charge in [-0.25, -0.2) is 9.78 Å². The Morgan fingerprint density at radius 2 is 2.05 bits per heavy atom. The number of hydrogen-bond acceptors (Lipinski definition) is 4. The van der Waals surface area contributed by atoms with E-state index in [-0.39, 0.29) is 12.0 Å². The maximum atomic E-state index is 12.5. The zero-order valence-corrected chi connectivity index (χ0v) is 13.3. The molecular formula is C16H22O4S. The van der Waals surface area contributed by atoms with Crippen molar-refractivity contribution < 1.29 is 19.1 Å². The zero-order valence-electron chi connectivity index (χ0n) is 12.5. The molecule has 1 aromatic carbocycles. The van der Waals surface area contributed by atoms with Gasteiger partial charge >= 0.3 is 0 Å². The molecule has 0 spiro atoms. The molecule has 2 fully saturated rings. The highest BCUT2D eigenvalue weighted by Gasteiger charge is 2.52. The fourth-order valence-electron chi connectivity index (χ4n) is 3.25. The number of fused-ring (bicyclic) bond motifs is 2. The molecule has 1 saturated carbocycles. The fraction of sp³-hybridized carbons (Fsp3) is 0.625. The van der Waals surface area contributed by atoms with Gasteiger partial charge in [0.05, 0.1) is 22.2 Å². The molecule has 5 heteroatoms. The van der Waals surface area contributed by atoms with E-state index in [1.165, 1.54) is 0 Å². The van der Waals surface area contributed by atoms with E-state index >= 15 is 0 Å². The highest BCUT2D eigenvalue weighted by molar-refractivity contribution is 7.85. The first-order valence-electron chi connectivity index (χ1n) is 7.41. The van der Waals surface area contributed by atoms with E-state index in [0.717, 1.165) is 17.7 Å². The fourth-order valence-corrected chi connectivity index (χ4v) is 4.68. The Kier molecular flexibility index (Phi) is 3.94. The van der Waals surface area contributed by atoms with E-state index in [0.29, 0.717) is 12.2 Å². The molecule has 21 heavy (non-hydrogen) atoms. The molecule has 4 nitrogen and oxygen atoms in total. The van der Waals surface area contributed by atoms with Crippen molar-refractivity contribution in [1.29, 1.82) is 0 Å². The van der Waals surface area contributed by atoms with Crippen LogP contribution in [0, 0.1) is 5.92 Å². The van der Waals surface area contributed by atoms with E-state index in [4.69, 9.17) is 9.78 Å². The standard InChI is InChI=1S/C16H22O4S/c1-15(17)9-8-12-10-14(15)19-20-16(12,2)11-21(18)13-6-4-3-5-7-13/h3-7,12,14,17H,8-11H2,1-2H3/t12?,14?,15?,16-,21?/m1/s1. The minimum absolute atomic E-state index is 0.268. The lowest BCUT2D eigenvalue weighted by Gasteiger charge is -2.50. The van der Waals surface area contributed by atoms with E-state index < -0.39 is 22.0 Å². The summed E-state index contributed by atoms with van der Waals surface area (Å²) in [6.07, 6.45) is 2.04. The number of hydrogen-bond donors (Lipinski definition) is 1. The lowest BCUT2D eigenvalue weighted by atomic mass is 9.71. The maximum absolute atomic E-state index is 12.5. The number of benzene rings is 1. The Bertz CT molecular complexity index is 530. The van der Waals surface area contributed by atoms with Crippen LogP contribution in [0.2, 0.25) is 0 Å². The number of rotatable bonds is 3. The molecule has 4 unspecified atom stereocenters.